The zero-order chi connectivity index (χ0) is 15.0. The summed E-state index contributed by atoms with van der Waals surface area (Å²) in [5.41, 5.74) is 0.925. The van der Waals surface area contributed by atoms with E-state index in [1.165, 1.54) is 0 Å². The Labute approximate surface area is 126 Å². The lowest BCUT2D eigenvalue weighted by Crippen LogP contribution is -2.37. The summed E-state index contributed by atoms with van der Waals surface area (Å²) < 4.78 is 5.17. The van der Waals surface area contributed by atoms with Crippen LogP contribution in [0.5, 0.6) is 0 Å². The SMILES string of the molecule is CC(OC(=O)c1[nH]c2ccccc2c1Cl)C(=O)NC1CC1. The lowest BCUT2D eigenvalue weighted by atomic mass is 10.2. The molecule has 1 heterocycles. The van der Waals surface area contributed by atoms with Crippen LogP contribution >= 0.6 is 11.6 Å². The van der Waals surface area contributed by atoms with Crippen LogP contribution in [0, 0.1) is 0 Å². The Morgan fingerprint density at radius 3 is 2.76 bits per heavy atom. The molecular formula is C15H15ClN2O3. The van der Waals surface area contributed by atoms with Gasteiger partial charge in [0.05, 0.1) is 5.02 Å². The van der Waals surface area contributed by atoms with Crippen LogP contribution in [-0.4, -0.2) is 29.0 Å². The minimum Gasteiger partial charge on any atom is -0.448 e. The number of para-hydroxylation sites is 1. The fraction of sp³-hybridized carbons (Fsp3) is 0.333. The first-order valence-electron chi connectivity index (χ1n) is 6.84. The molecule has 0 aliphatic heterocycles. The van der Waals surface area contributed by atoms with E-state index in [0.717, 1.165) is 23.7 Å². The molecule has 0 bridgehead atoms. The van der Waals surface area contributed by atoms with Gasteiger partial charge in [0.25, 0.3) is 5.91 Å². The highest BCUT2D eigenvalue weighted by Gasteiger charge is 2.28. The highest BCUT2D eigenvalue weighted by atomic mass is 35.5. The Bertz CT molecular complexity index is 706. The Hall–Kier alpha value is -2.01. The smallest absolute Gasteiger partial charge is 0.357 e. The number of H-pyrrole nitrogens is 1. The summed E-state index contributed by atoms with van der Waals surface area (Å²) in [5.74, 6) is -0.910. The van der Waals surface area contributed by atoms with Crippen LogP contribution in [0.25, 0.3) is 10.9 Å². The maximum atomic E-state index is 12.1. The fourth-order valence-corrected chi connectivity index (χ4v) is 2.36. The lowest BCUT2D eigenvalue weighted by molar-refractivity contribution is -0.129. The van der Waals surface area contributed by atoms with E-state index in [0.29, 0.717) is 5.02 Å². The Kier molecular flexibility index (Phi) is 3.59. The summed E-state index contributed by atoms with van der Waals surface area (Å²) in [7, 11) is 0. The first kappa shape index (κ1) is 13.9. The van der Waals surface area contributed by atoms with Gasteiger partial charge in [-0.25, -0.2) is 4.79 Å². The third-order valence-electron chi connectivity index (χ3n) is 3.42. The quantitative estimate of drug-likeness (QED) is 0.853. The molecule has 1 aliphatic rings. The predicted molar refractivity (Wildman–Crippen MR) is 79.4 cm³/mol. The third-order valence-corrected chi connectivity index (χ3v) is 3.82. The Morgan fingerprint density at radius 2 is 2.10 bits per heavy atom. The van der Waals surface area contributed by atoms with Crippen LogP contribution in [0.1, 0.15) is 30.3 Å². The van der Waals surface area contributed by atoms with Crippen LogP contribution in [0.4, 0.5) is 0 Å². The Morgan fingerprint density at radius 1 is 1.38 bits per heavy atom. The maximum absolute atomic E-state index is 12.1. The fourth-order valence-electron chi connectivity index (χ4n) is 2.07. The van der Waals surface area contributed by atoms with Gasteiger partial charge in [-0.1, -0.05) is 29.8 Å². The number of carbonyl (C=O) groups excluding carboxylic acids is 2. The molecule has 21 heavy (non-hydrogen) atoms. The number of carbonyl (C=O) groups is 2. The van der Waals surface area contributed by atoms with Gasteiger partial charge < -0.3 is 15.0 Å². The van der Waals surface area contributed by atoms with Gasteiger partial charge in [-0.05, 0) is 25.8 Å². The van der Waals surface area contributed by atoms with Crippen molar-refractivity contribution in [2.75, 3.05) is 0 Å². The summed E-state index contributed by atoms with van der Waals surface area (Å²) >= 11 is 6.18. The van der Waals surface area contributed by atoms with Crippen molar-refractivity contribution in [3.63, 3.8) is 0 Å². The molecule has 1 aliphatic carbocycles. The van der Waals surface area contributed by atoms with Crippen molar-refractivity contribution in [2.45, 2.75) is 31.9 Å². The molecule has 1 aromatic heterocycles. The zero-order valence-electron chi connectivity index (χ0n) is 11.5. The molecule has 1 fully saturated rings. The van der Waals surface area contributed by atoms with E-state index < -0.39 is 12.1 Å². The van der Waals surface area contributed by atoms with E-state index >= 15 is 0 Å². The predicted octanol–water partition coefficient (Wildman–Crippen LogP) is 2.65. The van der Waals surface area contributed by atoms with Crippen molar-refractivity contribution in [1.29, 1.82) is 0 Å². The summed E-state index contributed by atoms with van der Waals surface area (Å²) in [5, 5.41) is 3.85. The van der Waals surface area contributed by atoms with Crippen LogP contribution in [0.2, 0.25) is 5.02 Å². The highest BCUT2D eigenvalue weighted by Crippen LogP contribution is 2.28. The topological polar surface area (TPSA) is 71.2 Å². The van der Waals surface area contributed by atoms with Gasteiger partial charge in [0, 0.05) is 16.9 Å². The summed E-state index contributed by atoms with van der Waals surface area (Å²) in [6, 6.07) is 7.55. The minimum absolute atomic E-state index is 0.170. The van der Waals surface area contributed by atoms with Crippen molar-refractivity contribution in [1.82, 2.24) is 10.3 Å². The van der Waals surface area contributed by atoms with E-state index in [2.05, 4.69) is 10.3 Å². The first-order chi connectivity index (χ1) is 10.1. The second kappa shape index (κ2) is 5.41. The van der Waals surface area contributed by atoms with Gasteiger partial charge in [0.15, 0.2) is 6.10 Å². The average molecular weight is 307 g/mol. The molecule has 1 saturated carbocycles. The number of aromatic amines is 1. The van der Waals surface area contributed by atoms with Gasteiger partial charge in [0.1, 0.15) is 5.69 Å². The normalized spacial score (nSPS) is 15.7. The molecule has 110 valence electrons. The molecule has 1 aromatic carbocycles. The minimum atomic E-state index is -0.847. The van der Waals surface area contributed by atoms with Crippen LogP contribution in [-0.2, 0) is 9.53 Å². The summed E-state index contributed by atoms with van der Waals surface area (Å²) in [6.07, 6.45) is 1.13. The van der Waals surface area contributed by atoms with Crippen molar-refractivity contribution in [3.05, 3.63) is 35.0 Å². The number of aromatic nitrogens is 1. The van der Waals surface area contributed by atoms with E-state index in [-0.39, 0.29) is 17.6 Å². The number of ether oxygens (including phenoxy) is 1. The second-order valence-electron chi connectivity index (χ2n) is 5.19. The number of halogens is 1. The number of nitrogens with one attached hydrogen (secondary N) is 2. The maximum Gasteiger partial charge on any atom is 0.357 e. The largest absolute Gasteiger partial charge is 0.448 e. The molecule has 2 N–H and O–H groups in total. The van der Waals surface area contributed by atoms with Gasteiger partial charge in [-0.15, -0.1) is 0 Å². The lowest BCUT2D eigenvalue weighted by Gasteiger charge is -2.12. The molecule has 0 saturated heterocycles. The van der Waals surface area contributed by atoms with Gasteiger partial charge in [-0.2, -0.15) is 0 Å². The molecule has 1 amide bonds. The average Bonchev–Trinajstić information content (AvgIpc) is 3.21. The van der Waals surface area contributed by atoms with Crippen molar-refractivity contribution >= 4 is 34.4 Å². The highest BCUT2D eigenvalue weighted by molar-refractivity contribution is 6.38. The van der Waals surface area contributed by atoms with E-state index in [1.807, 2.05) is 24.3 Å². The van der Waals surface area contributed by atoms with E-state index in [4.69, 9.17) is 16.3 Å². The number of benzene rings is 1. The van der Waals surface area contributed by atoms with Crippen LogP contribution in [0.15, 0.2) is 24.3 Å². The van der Waals surface area contributed by atoms with E-state index in [9.17, 15) is 9.59 Å². The van der Waals surface area contributed by atoms with Crippen molar-refractivity contribution < 1.29 is 14.3 Å². The van der Waals surface area contributed by atoms with Gasteiger partial charge >= 0.3 is 5.97 Å². The summed E-state index contributed by atoms with van der Waals surface area (Å²) in [4.78, 5) is 26.8. The zero-order valence-corrected chi connectivity index (χ0v) is 12.2. The number of hydrogen-bond donors (Lipinski definition) is 2. The number of rotatable bonds is 4. The van der Waals surface area contributed by atoms with E-state index in [1.54, 1.807) is 6.92 Å². The van der Waals surface area contributed by atoms with Crippen LogP contribution in [0.3, 0.4) is 0 Å². The molecule has 1 atom stereocenters. The number of fused-ring (bicyclic) bond motifs is 1. The summed E-state index contributed by atoms with van der Waals surface area (Å²) in [6.45, 7) is 1.55. The first-order valence-corrected chi connectivity index (χ1v) is 7.21. The molecule has 2 aromatic rings. The standard InChI is InChI=1S/C15H15ClN2O3/c1-8(14(19)17-9-6-7-9)21-15(20)13-12(16)10-4-2-3-5-11(10)18-13/h2-5,8-9,18H,6-7H2,1H3,(H,17,19). The molecule has 6 heteroatoms. The van der Waals surface area contributed by atoms with Gasteiger partial charge in [0.2, 0.25) is 0 Å². The van der Waals surface area contributed by atoms with Crippen molar-refractivity contribution in [3.8, 4) is 0 Å². The number of amides is 1. The second-order valence-corrected chi connectivity index (χ2v) is 5.57. The number of esters is 1. The molecule has 0 radical (unpaired) electrons. The molecule has 0 spiro atoms. The van der Waals surface area contributed by atoms with Crippen molar-refractivity contribution in [2.24, 2.45) is 0 Å². The number of hydrogen-bond acceptors (Lipinski definition) is 3. The monoisotopic (exact) mass is 306 g/mol. The Balaban J connectivity index is 1.74. The molecular weight excluding hydrogens is 292 g/mol. The van der Waals surface area contributed by atoms with Gasteiger partial charge in [-0.3, -0.25) is 4.79 Å². The molecule has 3 rings (SSSR count). The van der Waals surface area contributed by atoms with Crippen LogP contribution < -0.4 is 5.32 Å². The molecule has 5 nitrogen and oxygen atoms in total. The molecule has 1 unspecified atom stereocenters. The third kappa shape index (κ3) is 2.88.